The molecule has 2 atom stereocenters. The number of aliphatic hydroxyl groups is 1. The van der Waals surface area contributed by atoms with Crippen LogP contribution in [0.4, 0.5) is 18.9 Å². The third kappa shape index (κ3) is 7.61. The van der Waals surface area contributed by atoms with E-state index in [9.17, 15) is 31.5 Å². The third-order valence-electron chi connectivity index (χ3n) is 7.71. The second kappa shape index (κ2) is 12.6. The van der Waals surface area contributed by atoms with E-state index in [0.29, 0.717) is 37.0 Å². The number of aryl methyl sites for hydroxylation is 1. The number of sulfonamides is 1. The molecule has 2 heterocycles. The summed E-state index contributed by atoms with van der Waals surface area (Å²) in [6, 6.07) is 17.2. The van der Waals surface area contributed by atoms with Crippen molar-refractivity contribution < 1.29 is 36.2 Å². The summed E-state index contributed by atoms with van der Waals surface area (Å²) >= 11 is 0. The highest BCUT2D eigenvalue weighted by molar-refractivity contribution is 7.92. The van der Waals surface area contributed by atoms with Crippen LogP contribution in [0, 0.1) is 5.41 Å². The Morgan fingerprint density at radius 3 is 2.34 bits per heavy atom. The number of nitrogens with zero attached hydrogens (tertiary/aromatic N) is 1. The molecule has 2 aromatic carbocycles. The predicted molar refractivity (Wildman–Crippen MR) is 161 cm³/mol. The maximum absolute atomic E-state index is 13.7. The van der Waals surface area contributed by atoms with Crippen molar-refractivity contribution in [2.75, 3.05) is 4.72 Å². The highest BCUT2D eigenvalue weighted by Gasteiger charge is 2.46. The number of pyridine rings is 1. The van der Waals surface area contributed by atoms with Gasteiger partial charge in [0.25, 0.3) is 10.0 Å². The van der Waals surface area contributed by atoms with Gasteiger partial charge in [0.05, 0.1) is 11.1 Å². The summed E-state index contributed by atoms with van der Waals surface area (Å²) in [5, 5.41) is 10.7. The van der Waals surface area contributed by atoms with E-state index in [2.05, 4.69) is 9.71 Å². The number of benzene rings is 2. The SMILES string of the molecule is CCC[C@]1(CCc2ccccc2)CC(O)=C(C(c2cccc(NS(=O)(=O)c3cc(C(F)(F)F)ccn3)c2)C(C)(C)C)C(=O)O1. The minimum Gasteiger partial charge on any atom is -0.512 e. The van der Waals surface area contributed by atoms with Crippen molar-refractivity contribution in [1.29, 1.82) is 0 Å². The van der Waals surface area contributed by atoms with Gasteiger partial charge in [0.2, 0.25) is 0 Å². The van der Waals surface area contributed by atoms with Gasteiger partial charge >= 0.3 is 12.1 Å². The first-order valence-electron chi connectivity index (χ1n) is 14.4. The Balaban J connectivity index is 1.66. The molecule has 0 spiro atoms. The molecule has 44 heavy (non-hydrogen) atoms. The van der Waals surface area contributed by atoms with Gasteiger partial charge < -0.3 is 9.84 Å². The van der Waals surface area contributed by atoms with E-state index in [1.807, 2.05) is 58.0 Å². The van der Waals surface area contributed by atoms with Gasteiger partial charge in [0, 0.05) is 24.2 Å². The Bertz CT molecular complexity index is 1630. The number of hydrogen-bond donors (Lipinski definition) is 2. The van der Waals surface area contributed by atoms with Crippen molar-refractivity contribution in [2.24, 2.45) is 5.41 Å². The first kappa shape index (κ1) is 33.0. The molecular formula is C33H37F3N2O5S. The van der Waals surface area contributed by atoms with E-state index in [4.69, 9.17) is 4.74 Å². The molecule has 0 saturated carbocycles. The zero-order chi connectivity index (χ0) is 32.3. The van der Waals surface area contributed by atoms with Gasteiger partial charge in [-0.25, -0.2) is 9.78 Å². The number of aromatic nitrogens is 1. The maximum atomic E-state index is 13.7. The molecule has 236 valence electrons. The van der Waals surface area contributed by atoms with Crippen LogP contribution in [0.2, 0.25) is 0 Å². The standard InChI is InChI=1S/C33H37F3N2O5S/c1-5-16-32(17-14-22-10-7-6-8-11-22)21-26(39)28(30(40)43-32)29(31(2,3)4)23-12-9-13-25(19-23)38-44(41,42)27-20-24(15-18-37-27)33(34,35)36/h6-13,15,18-20,29,38-39H,5,14,16-17,21H2,1-4H3/t29?,32-/m0/s1. The quantitative estimate of drug-likeness (QED) is 0.220. The summed E-state index contributed by atoms with van der Waals surface area (Å²) in [4.78, 5) is 17.3. The summed E-state index contributed by atoms with van der Waals surface area (Å²) in [6.07, 6.45) is -1.29. The summed E-state index contributed by atoms with van der Waals surface area (Å²) in [5.74, 6) is -1.39. The molecular weight excluding hydrogens is 593 g/mol. The fourth-order valence-electron chi connectivity index (χ4n) is 5.79. The lowest BCUT2D eigenvalue weighted by atomic mass is 9.70. The van der Waals surface area contributed by atoms with Gasteiger partial charge in [-0.15, -0.1) is 0 Å². The molecule has 0 bridgehead atoms. The Morgan fingerprint density at radius 1 is 1.02 bits per heavy atom. The van der Waals surface area contributed by atoms with Crippen molar-refractivity contribution in [1.82, 2.24) is 4.98 Å². The molecule has 1 aromatic heterocycles. The monoisotopic (exact) mass is 630 g/mol. The fraction of sp³-hybridized carbons (Fsp3) is 0.394. The Kier molecular flexibility index (Phi) is 9.48. The number of esters is 1. The van der Waals surface area contributed by atoms with E-state index in [1.165, 1.54) is 12.1 Å². The molecule has 2 N–H and O–H groups in total. The number of ether oxygens (including phenoxy) is 1. The summed E-state index contributed by atoms with van der Waals surface area (Å²) in [7, 11) is -4.49. The number of halogens is 3. The number of aliphatic hydroxyl groups excluding tert-OH is 1. The Labute approximate surface area is 256 Å². The highest BCUT2D eigenvalue weighted by atomic mass is 32.2. The molecule has 0 fully saturated rings. The number of alkyl halides is 3. The lowest BCUT2D eigenvalue weighted by Crippen LogP contribution is -2.43. The van der Waals surface area contributed by atoms with Gasteiger partial charge in [0.15, 0.2) is 5.03 Å². The van der Waals surface area contributed by atoms with Gasteiger partial charge in [-0.2, -0.15) is 21.6 Å². The van der Waals surface area contributed by atoms with Crippen molar-refractivity contribution in [3.63, 3.8) is 0 Å². The first-order valence-corrected chi connectivity index (χ1v) is 15.9. The minimum atomic E-state index is -4.74. The number of nitrogens with one attached hydrogen (secondary N) is 1. The first-order chi connectivity index (χ1) is 20.5. The third-order valence-corrected chi connectivity index (χ3v) is 8.99. The number of carbonyl (C=O) groups is 1. The predicted octanol–water partition coefficient (Wildman–Crippen LogP) is 7.96. The highest BCUT2D eigenvalue weighted by Crippen LogP contribution is 2.47. The topological polar surface area (TPSA) is 106 Å². The molecule has 11 heteroatoms. The van der Waals surface area contributed by atoms with Crippen LogP contribution in [0.1, 0.15) is 76.0 Å². The normalized spacial score (nSPS) is 18.6. The number of rotatable bonds is 10. The van der Waals surface area contributed by atoms with Crippen LogP contribution in [0.5, 0.6) is 0 Å². The van der Waals surface area contributed by atoms with Gasteiger partial charge in [-0.3, -0.25) is 4.72 Å². The van der Waals surface area contributed by atoms with E-state index >= 15 is 0 Å². The van der Waals surface area contributed by atoms with Gasteiger partial charge in [0.1, 0.15) is 11.4 Å². The maximum Gasteiger partial charge on any atom is 0.416 e. The van der Waals surface area contributed by atoms with Gasteiger partial charge in [-0.05, 0) is 60.1 Å². The average Bonchev–Trinajstić information content (AvgIpc) is 2.93. The van der Waals surface area contributed by atoms with E-state index in [1.54, 1.807) is 12.1 Å². The number of hydrogen-bond acceptors (Lipinski definition) is 6. The van der Waals surface area contributed by atoms with Crippen LogP contribution >= 0.6 is 0 Å². The van der Waals surface area contributed by atoms with E-state index in [-0.39, 0.29) is 23.4 Å². The van der Waals surface area contributed by atoms with E-state index in [0.717, 1.165) is 18.2 Å². The van der Waals surface area contributed by atoms with Crippen molar-refractivity contribution >= 4 is 21.7 Å². The Morgan fingerprint density at radius 2 is 1.73 bits per heavy atom. The summed E-state index contributed by atoms with van der Waals surface area (Å²) in [6.45, 7) is 7.65. The second-order valence-corrected chi connectivity index (χ2v) is 13.9. The molecule has 0 saturated heterocycles. The Hall–Kier alpha value is -3.86. The summed E-state index contributed by atoms with van der Waals surface area (Å²) in [5.41, 5.74) is -0.868. The molecule has 3 aromatic rings. The lowest BCUT2D eigenvalue weighted by Gasteiger charge is -2.41. The molecule has 1 aliphatic heterocycles. The van der Waals surface area contributed by atoms with E-state index < -0.39 is 49.7 Å². The largest absolute Gasteiger partial charge is 0.512 e. The molecule has 0 radical (unpaired) electrons. The minimum absolute atomic E-state index is 0.0587. The van der Waals surface area contributed by atoms with Crippen molar-refractivity contribution in [2.45, 2.75) is 82.5 Å². The van der Waals surface area contributed by atoms with Crippen molar-refractivity contribution in [3.8, 4) is 0 Å². The molecule has 7 nitrogen and oxygen atoms in total. The van der Waals surface area contributed by atoms with Crippen LogP contribution in [0.25, 0.3) is 0 Å². The molecule has 1 unspecified atom stereocenters. The lowest BCUT2D eigenvalue weighted by molar-refractivity contribution is -0.161. The van der Waals surface area contributed by atoms with Crippen LogP contribution in [0.3, 0.4) is 0 Å². The molecule has 0 amide bonds. The fourth-order valence-corrected chi connectivity index (χ4v) is 6.81. The number of anilines is 1. The van der Waals surface area contributed by atoms with Gasteiger partial charge in [-0.1, -0.05) is 76.6 Å². The molecule has 1 aliphatic rings. The zero-order valence-electron chi connectivity index (χ0n) is 25.1. The number of carbonyl (C=O) groups excluding carboxylic acids is 1. The second-order valence-electron chi connectivity index (χ2n) is 12.3. The van der Waals surface area contributed by atoms with Crippen molar-refractivity contribution in [3.05, 3.63) is 101 Å². The smallest absolute Gasteiger partial charge is 0.416 e. The number of cyclic esters (lactones) is 1. The average molecular weight is 631 g/mol. The zero-order valence-corrected chi connectivity index (χ0v) is 25.9. The molecule has 4 rings (SSSR count). The van der Waals surface area contributed by atoms with Crippen LogP contribution in [0.15, 0.2) is 89.3 Å². The van der Waals surface area contributed by atoms with Crippen LogP contribution in [-0.2, 0) is 32.2 Å². The van der Waals surface area contributed by atoms with Crippen LogP contribution in [-0.4, -0.2) is 30.1 Å². The summed E-state index contributed by atoms with van der Waals surface area (Å²) < 4.78 is 74.0. The molecule has 0 aliphatic carbocycles. The van der Waals surface area contributed by atoms with Crippen LogP contribution < -0.4 is 4.72 Å².